The minimum atomic E-state index is -1.61. The van der Waals surface area contributed by atoms with Gasteiger partial charge in [0.25, 0.3) is 0 Å². The number of hydrogen-bond acceptors (Lipinski definition) is 8. The fraction of sp³-hybridized carbons (Fsp3) is 0.893. The summed E-state index contributed by atoms with van der Waals surface area (Å²) in [6.45, 7) is 4.54. The standard InChI is InChI=1S/C28H53NO8/c1-6-8-10-12-13-15-17-19-26(31)37-24(22-35-25(30)18-16-14-11-9-7-2)23-36-28(27(32)33)34-21-20-29(3,4)5/h24,28H,6-23H2,1-5H3. The van der Waals surface area contributed by atoms with Gasteiger partial charge in [0, 0.05) is 12.8 Å². The summed E-state index contributed by atoms with van der Waals surface area (Å²) in [6.07, 6.45) is 10.6. The number of aliphatic carboxylic acids is 1. The number of carbonyl (C=O) groups is 3. The molecule has 9 nitrogen and oxygen atoms in total. The summed E-state index contributed by atoms with van der Waals surface area (Å²) in [5.74, 6) is -2.31. The number of carboxylic acid groups (broad SMARTS) is 1. The van der Waals surface area contributed by atoms with Gasteiger partial charge in [-0.25, -0.2) is 0 Å². The van der Waals surface area contributed by atoms with Crippen molar-refractivity contribution >= 4 is 17.9 Å². The Morgan fingerprint density at radius 3 is 1.73 bits per heavy atom. The fourth-order valence-electron chi connectivity index (χ4n) is 3.53. The summed E-state index contributed by atoms with van der Waals surface area (Å²) in [7, 11) is 5.87. The van der Waals surface area contributed by atoms with Crippen LogP contribution in [0.2, 0.25) is 0 Å². The van der Waals surface area contributed by atoms with Crippen LogP contribution >= 0.6 is 0 Å². The third-order valence-corrected chi connectivity index (χ3v) is 5.85. The number of esters is 2. The normalized spacial score (nSPS) is 13.2. The number of carbonyl (C=O) groups excluding carboxylic acids is 3. The van der Waals surface area contributed by atoms with Gasteiger partial charge in [-0.2, -0.15) is 0 Å². The Kier molecular flexibility index (Phi) is 21.3. The second-order valence-corrected chi connectivity index (χ2v) is 10.7. The van der Waals surface area contributed by atoms with E-state index in [2.05, 4.69) is 13.8 Å². The van der Waals surface area contributed by atoms with E-state index in [0.29, 0.717) is 23.9 Å². The van der Waals surface area contributed by atoms with Crippen LogP contribution in [0.3, 0.4) is 0 Å². The first-order valence-electron chi connectivity index (χ1n) is 14.2. The van der Waals surface area contributed by atoms with Gasteiger partial charge in [0.2, 0.25) is 0 Å². The van der Waals surface area contributed by atoms with Crippen molar-refractivity contribution in [2.75, 3.05) is 47.5 Å². The molecule has 0 aromatic heterocycles. The van der Waals surface area contributed by atoms with E-state index < -0.39 is 24.3 Å². The second-order valence-electron chi connectivity index (χ2n) is 10.7. The maximum Gasteiger partial charge on any atom is 0.306 e. The van der Waals surface area contributed by atoms with Crippen LogP contribution in [0.4, 0.5) is 0 Å². The van der Waals surface area contributed by atoms with Crippen molar-refractivity contribution in [2.24, 2.45) is 0 Å². The Hall–Kier alpha value is -1.71. The summed E-state index contributed by atoms with van der Waals surface area (Å²) in [6, 6.07) is 0. The molecule has 9 heteroatoms. The zero-order valence-electron chi connectivity index (χ0n) is 24.1. The SMILES string of the molecule is CCCCCCCCCC(=O)OC(COC(=O)CCCCCCC)COC(OCC[N+](C)(C)C)C(=O)[O-]. The van der Waals surface area contributed by atoms with Crippen LogP contribution in [-0.4, -0.2) is 82.3 Å². The summed E-state index contributed by atoms with van der Waals surface area (Å²) < 4.78 is 22.1. The molecule has 0 heterocycles. The number of hydrogen-bond donors (Lipinski definition) is 0. The van der Waals surface area contributed by atoms with Gasteiger partial charge < -0.3 is 33.3 Å². The van der Waals surface area contributed by atoms with Gasteiger partial charge in [0.1, 0.15) is 13.2 Å². The lowest BCUT2D eigenvalue weighted by molar-refractivity contribution is -0.870. The second kappa shape index (κ2) is 22.3. The lowest BCUT2D eigenvalue weighted by Gasteiger charge is -2.26. The quantitative estimate of drug-likeness (QED) is 0.0758. The number of carboxylic acids is 1. The maximum atomic E-state index is 12.4. The van der Waals surface area contributed by atoms with Crippen LogP contribution in [0.15, 0.2) is 0 Å². The van der Waals surface area contributed by atoms with Crippen molar-refractivity contribution in [3.05, 3.63) is 0 Å². The van der Waals surface area contributed by atoms with E-state index in [1.807, 2.05) is 21.1 Å². The van der Waals surface area contributed by atoms with Crippen molar-refractivity contribution in [1.29, 1.82) is 0 Å². The Morgan fingerprint density at radius 1 is 0.703 bits per heavy atom. The van der Waals surface area contributed by atoms with Crippen LogP contribution in [0.25, 0.3) is 0 Å². The Balaban J connectivity index is 4.70. The topological polar surface area (TPSA) is 111 Å². The molecule has 218 valence electrons. The Morgan fingerprint density at radius 2 is 1.22 bits per heavy atom. The van der Waals surface area contributed by atoms with Crippen molar-refractivity contribution in [1.82, 2.24) is 0 Å². The molecule has 0 fully saturated rings. The molecule has 0 rings (SSSR count). The lowest BCUT2D eigenvalue weighted by Crippen LogP contribution is -2.44. The number of likely N-dealkylation sites (N-methyl/N-ethyl adjacent to an activating group) is 1. The number of quaternary nitrogens is 1. The van der Waals surface area contributed by atoms with E-state index >= 15 is 0 Å². The molecule has 0 aromatic carbocycles. The highest BCUT2D eigenvalue weighted by atomic mass is 16.7. The van der Waals surface area contributed by atoms with Gasteiger partial charge in [0.05, 0.1) is 40.3 Å². The summed E-state index contributed by atoms with van der Waals surface area (Å²) in [4.78, 5) is 36.0. The van der Waals surface area contributed by atoms with Gasteiger partial charge in [0.15, 0.2) is 12.4 Å². The van der Waals surface area contributed by atoms with E-state index in [0.717, 1.165) is 51.4 Å². The Bertz CT molecular complexity index is 605. The molecular weight excluding hydrogens is 478 g/mol. The average Bonchev–Trinajstić information content (AvgIpc) is 2.82. The molecule has 0 aliphatic carbocycles. The summed E-state index contributed by atoms with van der Waals surface area (Å²) in [5.41, 5.74) is 0. The van der Waals surface area contributed by atoms with Gasteiger partial charge in [-0.3, -0.25) is 9.59 Å². The van der Waals surface area contributed by atoms with Crippen LogP contribution in [-0.2, 0) is 33.3 Å². The smallest absolute Gasteiger partial charge is 0.306 e. The summed E-state index contributed by atoms with van der Waals surface area (Å²) >= 11 is 0. The van der Waals surface area contributed by atoms with E-state index in [9.17, 15) is 19.5 Å². The molecular formula is C28H53NO8. The first kappa shape index (κ1) is 35.3. The zero-order chi connectivity index (χ0) is 27.9. The molecule has 37 heavy (non-hydrogen) atoms. The van der Waals surface area contributed by atoms with Gasteiger partial charge in [-0.15, -0.1) is 0 Å². The average molecular weight is 532 g/mol. The molecule has 0 amide bonds. The highest BCUT2D eigenvalue weighted by molar-refractivity contribution is 5.70. The van der Waals surface area contributed by atoms with Crippen molar-refractivity contribution < 1.29 is 42.9 Å². The third kappa shape index (κ3) is 23.2. The number of unbranched alkanes of at least 4 members (excludes halogenated alkanes) is 10. The largest absolute Gasteiger partial charge is 0.545 e. The molecule has 0 bridgehead atoms. The number of ether oxygens (including phenoxy) is 4. The Labute approximate surface area is 224 Å². The first-order chi connectivity index (χ1) is 17.6. The minimum Gasteiger partial charge on any atom is -0.545 e. The van der Waals surface area contributed by atoms with E-state index in [1.54, 1.807) is 0 Å². The molecule has 0 aromatic rings. The molecule has 0 radical (unpaired) electrons. The number of nitrogens with zero attached hydrogens (tertiary/aromatic N) is 1. The van der Waals surface area contributed by atoms with Gasteiger partial charge in [-0.05, 0) is 12.8 Å². The molecule has 0 spiro atoms. The number of rotatable bonds is 25. The van der Waals surface area contributed by atoms with E-state index in [-0.39, 0.29) is 32.2 Å². The molecule has 2 unspecified atom stereocenters. The highest BCUT2D eigenvalue weighted by Gasteiger charge is 2.21. The van der Waals surface area contributed by atoms with Crippen molar-refractivity contribution in [3.63, 3.8) is 0 Å². The van der Waals surface area contributed by atoms with Crippen LogP contribution in [0.5, 0.6) is 0 Å². The van der Waals surface area contributed by atoms with Crippen LogP contribution < -0.4 is 5.11 Å². The fourth-order valence-corrected chi connectivity index (χ4v) is 3.53. The summed E-state index contributed by atoms with van der Waals surface area (Å²) in [5, 5.41) is 11.5. The van der Waals surface area contributed by atoms with Crippen LogP contribution in [0, 0.1) is 0 Å². The minimum absolute atomic E-state index is 0.151. The van der Waals surface area contributed by atoms with Crippen molar-refractivity contribution in [2.45, 2.75) is 116 Å². The predicted molar refractivity (Wildman–Crippen MR) is 140 cm³/mol. The molecule has 0 aliphatic heterocycles. The van der Waals surface area contributed by atoms with Gasteiger partial charge >= 0.3 is 11.9 Å². The molecule has 0 saturated carbocycles. The zero-order valence-corrected chi connectivity index (χ0v) is 24.1. The van der Waals surface area contributed by atoms with Crippen molar-refractivity contribution in [3.8, 4) is 0 Å². The van der Waals surface area contributed by atoms with Gasteiger partial charge in [-0.1, -0.05) is 78.1 Å². The molecule has 0 N–H and O–H groups in total. The lowest BCUT2D eigenvalue weighted by atomic mass is 10.1. The van der Waals surface area contributed by atoms with E-state index in [1.165, 1.54) is 19.3 Å². The molecule has 0 aliphatic rings. The van der Waals surface area contributed by atoms with E-state index in [4.69, 9.17) is 18.9 Å². The monoisotopic (exact) mass is 531 g/mol. The first-order valence-corrected chi connectivity index (χ1v) is 14.2. The third-order valence-electron chi connectivity index (χ3n) is 5.85. The molecule has 0 saturated heterocycles. The van der Waals surface area contributed by atoms with Crippen LogP contribution in [0.1, 0.15) is 104 Å². The predicted octanol–water partition coefficient (Wildman–Crippen LogP) is 3.76. The highest BCUT2D eigenvalue weighted by Crippen LogP contribution is 2.11. The molecule has 2 atom stereocenters. The maximum absolute atomic E-state index is 12.4.